The Bertz CT molecular complexity index is 1630. The number of alkyl halides is 3. The van der Waals surface area contributed by atoms with Gasteiger partial charge in [-0.05, 0) is 81.8 Å². The molecule has 4 aromatic rings. The van der Waals surface area contributed by atoms with Crippen molar-refractivity contribution in [3.63, 3.8) is 0 Å². The van der Waals surface area contributed by atoms with Crippen LogP contribution in [0.4, 0.5) is 18.9 Å². The molecular weight excluding hydrogens is 577 g/mol. The van der Waals surface area contributed by atoms with E-state index in [1.165, 1.54) is 24.3 Å². The van der Waals surface area contributed by atoms with E-state index in [0.29, 0.717) is 10.6 Å². The van der Waals surface area contributed by atoms with Gasteiger partial charge in [0, 0.05) is 50.7 Å². The third-order valence-corrected chi connectivity index (χ3v) is 7.56. The molecule has 1 heterocycles. The molecule has 12 heteroatoms. The van der Waals surface area contributed by atoms with Gasteiger partial charge in [-0.25, -0.2) is 0 Å². The highest BCUT2D eigenvalue weighted by atomic mass is 35.5. The molecule has 216 valence electrons. The molecule has 0 aliphatic carbocycles. The van der Waals surface area contributed by atoms with Crippen LogP contribution in [-0.2, 0) is 11.0 Å². The average molecular weight is 605 g/mol. The SMILES string of the molecule is CN(C)CCN(C)CC(=O)Nc1ccc(Sc2c(-c3cc(Cl)ccc3O)c3cc(C(F)(F)F)ccc3[nH]c2=O)cc1. The summed E-state index contributed by atoms with van der Waals surface area (Å²) in [7, 11) is 5.77. The first-order valence-electron chi connectivity index (χ1n) is 12.5. The van der Waals surface area contributed by atoms with E-state index in [4.69, 9.17) is 11.6 Å². The summed E-state index contributed by atoms with van der Waals surface area (Å²) in [6.07, 6.45) is -4.62. The van der Waals surface area contributed by atoms with Crippen LogP contribution in [-0.4, -0.2) is 66.6 Å². The normalized spacial score (nSPS) is 11.9. The molecule has 41 heavy (non-hydrogen) atoms. The van der Waals surface area contributed by atoms with Gasteiger partial charge in [-0.15, -0.1) is 0 Å². The Kier molecular flexibility index (Phi) is 9.33. The van der Waals surface area contributed by atoms with Crippen molar-refractivity contribution in [2.75, 3.05) is 46.1 Å². The van der Waals surface area contributed by atoms with Crippen LogP contribution in [0, 0.1) is 0 Å². The molecule has 4 rings (SSSR count). The molecule has 0 saturated carbocycles. The number of hydrogen-bond donors (Lipinski definition) is 3. The van der Waals surface area contributed by atoms with Gasteiger partial charge in [0.25, 0.3) is 5.56 Å². The topological polar surface area (TPSA) is 88.7 Å². The van der Waals surface area contributed by atoms with Gasteiger partial charge in [-0.2, -0.15) is 13.2 Å². The molecule has 0 aliphatic heterocycles. The van der Waals surface area contributed by atoms with Gasteiger partial charge in [0.1, 0.15) is 5.75 Å². The van der Waals surface area contributed by atoms with E-state index >= 15 is 0 Å². The van der Waals surface area contributed by atoms with Crippen LogP contribution in [0.2, 0.25) is 5.02 Å². The number of fused-ring (bicyclic) bond motifs is 1. The van der Waals surface area contributed by atoms with Crippen LogP contribution in [0.25, 0.3) is 22.0 Å². The predicted octanol–water partition coefficient (Wildman–Crippen LogP) is 6.16. The Morgan fingerprint density at radius 2 is 1.73 bits per heavy atom. The summed E-state index contributed by atoms with van der Waals surface area (Å²) in [6, 6.07) is 13.9. The average Bonchev–Trinajstić information content (AvgIpc) is 2.89. The number of pyridine rings is 1. The van der Waals surface area contributed by atoms with Gasteiger partial charge in [0.2, 0.25) is 5.91 Å². The number of carbonyl (C=O) groups is 1. The first-order chi connectivity index (χ1) is 19.3. The molecular formula is C29H28ClF3N4O3S. The smallest absolute Gasteiger partial charge is 0.416 e. The second-order valence-corrected chi connectivity index (χ2v) is 11.3. The Labute approximate surface area is 243 Å². The summed E-state index contributed by atoms with van der Waals surface area (Å²) in [4.78, 5) is 32.9. The second-order valence-electron chi connectivity index (χ2n) is 9.79. The summed E-state index contributed by atoms with van der Waals surface area (Å²) < 4.78 is 40.8. The number of nitrogens with one attached hydrogen (secondary N) is 2. The number of hydrogen-bond acceptors (Lipinski definition) is 6. The number of aromatic amines is 1. The van der Waals surface area contributed by atoms with Crippen LogP contribution >= 0.6 is 23.4 Å². The first-order valence-corrected chi connectivity index (χ1v) is 13.7. The van der Waals surface area contributed by atoms with E-state index in [1.807, 2.05) is 30.9 Å². The van der Waals surface area contributed by atoms with Crippen molar-refractivity contribution in [2.45, 2.75) is 16.0 Å². The van der Waals surface area contributed by atoms with Crippen LogP contribution in [0.5, 0.6) is 5.75 Å². The zero-order valence-electron chi connectivity index (χ0n) is 22.5. The van der Waals surface area contributed by atoms with Crippen molar-refractivity contribution in [1.29, 1.82) is 0 Å². The maximum Gasteiger partial charge on any atom is 0.416 e. The number of aromatic hydroxyl groups is 1. The van der Waals surface area contributed by atoms with Gasteiger partial charge < -0.3 is 20.3 Å². The van der Waals surface area contributed by atoms with E-state index in [9.17, 15) is 27.9 Å². The van der Waals surface area contributed by atoms with Crippen LogP contribution in [0.3, 0.4) is 0 Å². The van der Waals surface area contributed by atoms with Crippen molar-refractivity contribution >= 4 is 45.9 Å². The van der Waals surface area contributed by atoms with E-state index in [-0.39, 0.29) is 50.1 Å². The number of carbonyl (C=O) groups excluding carboxylic acids is 1. The lowest BCUT2D eigenvalue weighted by molar-refractivity contribution is -0.137. The molecule has 3 aromatic carbocycles. The zero-order valence-corrected chi connectivity index (χ0v) is 24.0. The van der Waals surface area contributed by atoms with E-state index < -0.39 is 17.3 Å². The number of phenolic OH excluding ortho intramolecular Hbond substituents is 1. The third-order valence-electron chi connectivity index (χ3n) is 6.23. The molecule has 1 aromatic heterocycles. The third kappa shape index (κ3) is 7.62. The van der Waals surface area contributed by atoms with Gasteiger partial charge in [-0.3, -0.25) is 14.5 Å². The number of halogens is 4. The van der Waals surface area contributed by atoms with E-state index in [0.717, 1.165) is 37.0 Å². The number of anilines is 1. The van der Waals surface area contributed by atoms with Crippen LogP contribution < -0.4 is 10.9 Å². The maximum absolute atomic E-state index is 13.6. The molecule has 1 amide bonds. The van der Waals surface area contributed by atoms with Crippen molar-refractivity contribution in [3.8, 4) is 16.9 Å². The largest absolute Gasteiger partial charge is 0.507 e. The van der Waals surface area contributed by atoms with Gasteiger partial charge in [-0.1, -0.05) is 23.4 Å². The van der Waals surface area contributed by atoms with Crippen molar-refractivity contribution in [2.24, 2.45) is 0 Å². The first kappa shape index (κ1) is 30.4. The van der Waals surface area contributed by atoms with Crippen molar-refractivity contribution in [3.05, 3.63) is 81.6 Å². The molecule has 0 aliphatic rings. The Balaban J connectivity index is 1.68. The van der Waals surface area contributed by atoms with Crippen molar-refractivity contribution in [1.82, 2.24) is 14.8 Å². The molecule has 0 atom stereocenters. The minimum atomic E-state index is -4.62. The molecule has 3 N–H and O–H groups in total. The Morgan fingerprint density at radius 1 is 1.02 bits per heavy atom. The molecule has 0 radical (unpaired) electrons. The van der Waals surface area contributed by atoms with Crippen molar-refractivity contribution < 1.29 is 23.1 Å². The maximum atomic E-state index is 13.6. The monoisotopic (exact) mass is 604 g/mol. The molecule has 0 unspecified atom stereocenters. The number of benzene rings is 3. The number of phenols is 1. The number of likely N-dealkylation sites (N-methyl/N-ethyl adjacent to an activating group) is 2. The van der Waals surface area contributed by atoms with Crippen LogP contribution in [0.15, 0.2) is 75.2 Å². The lowest BCUT2D eigenvalue weighted by Crippen LogP contribution is -2.34. The molecule has 0 saturated heterocycles. The standard InChI is InChI=1S/C29H28ClF3N4O3S/c1-36(2)12-13-37(3)16-25(39)34-19-6-8-20(9-7-19)41-27-26(22-15-18(30)5-11-24(22)38)21-14-17(29(31,32)33)4-10-23(21)35-28(27)40/h4-11,14-15,38H,12-13,16H2,1-3H3,(H,34,39)(H,35,40). The Morgan fingerprint density at radius 3 is 2.39 bits per heavy atom. The molecule has 7 nitrogen and oxygen atoms in total. The summed E-state index contributed by atoms with van der Waals surface area (Å²) in [5, 5.41) is 13.8. The highest BCUT2D eigenvalue weighted by Crippen LogP contribution is 2.43. The van der Waals surface area contributed by atoms with Gasteiger partial charge >= 0.3 is 6.18 Å². The van der Waals surface area contributed by atoms with Gasteiger partial charge in [0.15, 0.2) is 0 Å². The number of nitrogens with zero attached hydrogens (tertiary/aromatic N) is 2. The van der Waals surface area contributed by atoms with E-state index in [2.05, 4.69) is 10.3 Å². The predicted molar refractivity (Wildman–Crippen MR) is 157 cm³/mol. The summed E-state index contributed by atoms with van der Waals surface area (Å²) in [5.74, 6) is -0.425. The highest BCUT2D eigenvalue weighted by molar-refractivity contribution is 7.99. The van der Waals surface area contributed by atoms with Gasteiger partial charge in [0.05, 0.1) is 17.0 Å². The fourth-order valence-electron chi connectivity index (χ4n) is 4.14. The minimum Gasteiger partial charge on any atom is -0.507 e. The fourth-order valence-corrected chi connectivity index (χ4v) is 5.29. The summed E-state index contributed by atoms with van der Waals surface area (Å²) in [5.41, 5.74) is -0.473. The molecule has 0 spiro atoms. The number of H-pyrrole nitrogens is 1. The quantitative estimate of drug-likeness (QED) is 0.212. The highest BCUT2D eigenvalue weighted by Gasteiger charge is 2.31. The number of rotatable bonds is 9. The minimum absolute atomic E-state index is 0.0775. The Hall–Kier alpha value is -3.51. The number of amides is 1. The fraction of sp³-hybridized carbons (Fsp3) is 0.241. The lowest BCUT2D eigenvalue weighted by Gasteiger charge is -2.18. The van der Waals surface area contributed by atoms with E-state index in [1.54, 1.807) is 24.3 Å². The second kappa shape index (κ2) is 12.6. The van der Waals surface area contributed by atoms with Crippen LogP contribution in [0.1, 0.15) is 5.56 Å². The lowest BCUT2D eigenvalue weighted by atomic mass is 9.98. The summed E-state index contributed by atoms with van der Waals surface area (Å²) >= 11 is 7.19. The summed E-state index contributed by atoms with van der Waals surface area (Å²) in [6.45, 7) is 1.75. The number of aromatic nitrogens is 1. The molecule has 0 fully saturated rings. The zero-order chi connectivity index (χ0) is 29.9. The molecule has 0 bridgehead atoms.